The second kappa shape index (κ2) is 7.61. The minimum atomic E-state index is -0.524. The number of carbonyl (C=O) groups is 2. The summed E-state index contributed by atoms with van der Waals surface area (Å²) in [4.78, 5) is 23.6. The van der Waals surface area contributed by atoms with Crippen LogP contribution in [-0.2, 0) is 16.0 Å². The number of hydrogen-bond donors (Lipinski definition) is 1. The molecular formula is C17H16ClNO3. The number of hydrogen-bond acceptors (Lipinski definition) is 3. The Hall–Kier alpha value is -2.33. The monoisotopic (exact) mass is 317 g/mol. The molecule has 0 aliphatic carbocycles. The molecule has 2 rings (SSSR count). The van der Waals surface area contributed by atoms with Crippen molar-refractivity contribution < 1.29 is 14.3 Å². The van der Waals surface area contributed by atoms with E-state index in [-0.39, 0.29) is 6.61 Å². The zero-order chi connectivity index (χ0) is 15.9. The highest BCUT2D eigenvalue weighted by atomic mass is 35.5. The number of rotatable bonds is 5. The Morgan fingerprint density at radius 3 is 2.50 bits per heavy atom. The smallest absolute Gasteiger partial charge is 0.338 e. The van der Waals surface area contributed by atoms with Crippen LogP contribution in [0.1, 0.15) is 22.8 Å². The SMILES string of the molecule is CCc1ccc(C(=O)OCC(=O)Nc2cccc(Cl)c2)cc1. The van der Waals surface area contributed by atoms with Gasteiger partial charge in [0.1, 0.15) is 0 Å². The Morgan fingerprint density at radius 1 is 1.14 bits per heavy atom. The molecule has 1 amide bonds. The van der Waals surface area contributed by atoms with Gasteiger partial charge < -0.3 is 10.1 Å². The van der Waals surface area contributed by atoms with E-state index in [1.807, 2.05) is 19.1 Å². The largest absolute Gasteiger partial charge is 0.452 e. The van der Waals surface area contributed by atoms with Gasteiger partial charge in [-0.05, 0) is 42.3 Å². The van der Waals surface area contributed by atoms with Gasteiger partial charge in [-0.2, -0.15) is 0 Å². The van der Waals surface area contributed by atoms with Gasteiger partial charge in [-0.15, -0.1) is 0 Å². The van der Waals surface area contributed by atoms with Crippen molar-refractivity contribution in [2.75, 3.05) is 11.9 Å². The van der Waals surface area contributed by atoms with Gasteiger partial charge in [0.15, 0.2) is 6.61 Å². The molecule has 4 nitrogen and oxygen atoms in total. The first-order valence-corrected chi connectivity index (χ1v) is 7.27. The van der Waals surface area contributed by atoms with Crippen LogP contribution in [-0.4, -0.2) is 18.5 Å². The molecule has 0 radical (unpaired) electrons. The van der Waals surface area contributed by atoms with Crippen LogP contribution in [0.5, 0.6) is 0 Å². The van der Waals surface area contributed by atoms with Crippen molar-refractivity contribution in [3.63, 3.8) is 0 Å². The predicted octanol–water partition coefficient (Wildman–Crippen LogP) is 3.70. The summed E-state index contributed by atoms with van der Waals surface area (Å²) >= 11 is 5.82. The highest BCUT2D eigenvalue weighted by Gasteiger charge is 2.10. The third-order valence-corrected chi connectivity index (χ3v) is 3.28. The molecule has 2 aromatic rings. The maximum absolute atomic E-state index is 11.8. The second-order valence-corrected chi connectivity index (χ2v) is 5.12. The van der Waals surface area contributed by atoms with Crippen LogP contribution in [0.3, 0.4) is 0 Å². The Kier molecular flexibility index (Phi) is 5.55. The van der Waals surface area contributed by atoms with Crippen LogP contribution < -0.4 is 5.32 Å². The summed E-state index contributed by atoms with van der Waals surface area (Å²) in [6.07, 6.45) is 0.900. The highest BCUT2D eigenvalue weighted by molar-refractivity contribution is 6.30. The lowest BCUT2D eigenvalue weighted by Crippen LogP contribution is -2.20. The molecule has 0 saturated heterocycles. The van der Waals surface area contributed by atoms with Crippen molar-refractivity contribution >= 4 is 29.2 Å². The third kappa shape index (κ3) is 4.60. The fourth-order valence-corrected chi connectivity index (χ4v) is 2.04. The van der Waals surface area contributed by atoms with E-state index in [1.54, 1.807) is 36.4 Å². The number of benzene rings is 2. The van der Waals surface area contributed by atoms with Crippen LogP contribution in [0.25, 0.3) is 0 Å². The van der Waals surface area contributed by atoms with Crippen molar-refractivity contribution in [3.8, 4) is 0 Å². The molecule has 2 aromatic carbocycles. The number of amides is 1. The third-order valence-electron chi connectivity index (χ3n) is 3.04. The lowest BCUT2D eigenvalue weighted by Gasteiger charge is -2.07. The van der Waals surface area contributed by atoms with E-state index in [0.29, 0.717) is 16.3 Å². The average Bonchev–Trinajstić information content (AvgIpc) is 2.52. The van der Waals surface area contributed by atoms with E-state index in [0.717, 1.165) is 12.0 Å². The Bertz CT molecular complexity index is 668. The number of halogens is 1. The lowest BCUT2D eigenvalue weighted by molar-refractivity contribution is -0.119. The van der Waals surface area contributed by atoms with E-state index in [2.05, 4.69) is 5.32 Å². The summed E-state index contributed by atoms with van der Waals surface area (Å²) < 4.78 is 4.98. The normalized spacial score (nSPS) is 10.1. The molecule has 22 heavy (non-hydrogen) atoms. The Morgan fingerprint density at radius 2 is 1.86 bits per heavy atom. The van der Waals surface area contributed by atoms with Gasteiger partial charge in [0.2, 0.25) is 0 Å². The van der Waals surface area contributed by atoms with Crippen LogP contribution >= 0.6 is 11.6 Å². The molecule has 0 heterocycles. The molecule has 114 valence electrons. The van der Waals surface area contributed by atoms with Gasteiger partial charge in [-0.25, -0.2) is 4.79 Å². The molecule has 5 heteroatoms. The lowest BCUT2D eigenvalue weighted by atomic mass is 10.1. The average molecular weight is 318 g/mol. The number of carbonyl (C=O) groups excluding carboxylic acids is 2. The van der Waals surface area contributed by atoms with Crippen molar-refractivity contribution in [2.24, 2.45) is 0 Å². The van der Waals surface area contributed by atoms with Gasteiger partial charge in [0, 0.05) is 10.7 Å². The highest BCUT2D eigenvalue weighted by Crippen LogP contribution is 2.14. The van der Waals surface area contributed by atoms with Crippen LogP contribution in [0, 0.1) is 0 Å². The molecule has 0 bridgehead atoms. The molecule has 0 saturated carbocycles. The second-order valence-electron chi connectivity index (χ2n) is 4.69. The molecule has 0 aliphatic heterocycles. The summed E-state index contributed by atoms with van der Waals surface area (Å²) in [7, 11) is 0. The van der Waals surface area contributed by atoms with Gasteiger partial charge in [0.05, 0.1) is 5.56 Å². The van der Waals surface area contributed by atoms with Crippen LogP contribution in [0.2, 0.25) is 5.02 Å². The summed E-state index contributed by atoms with van der Waals surface area (Å²) in [5, 5.41) is 3.13. The van der Waals surface area contributed by atoms with Gasteiger partial charge in [0.25, 0.3) is 5.91 Å². The zero-order valence-electron chi connectivity index (χ0n) is 12.1. The minimum Gasteiger partial charge on any atom is -0.452 e. The maximum atomic E-state index is 11.8. The first kappa shape index (κ1) is 16.0. The van der Waals surface area contributed by atoms with E-state index in [1.165, 1.54) is 0 Å². The summed E-state index contributed by atoms with van der Waals surface area (Å²) in [6, 6.07) is 13.9. The molecule has 0 spiro atoms. The number of ether oxygens (including phenoxy) is 1. The molecule has 0 aromatic heterocycles. The van der Waals surface area contributed by atoms with E-state index >= 15 is 0 Å². The van der Waals surface area contributed by atoms with Crippen molar-refractivity contribution in [2.45, 2.75) is 13.3 Å². The minimum absolute atomic E-state index is 0.346. The fourth-order valence-electron chi connectivity index (χ4n) is 1.85. The van der Waals surface area contributed by atoms with Gasteiger partial charge in [-0.3, -0.25) is 4.79 Å². The molecule has 0 unspecified atom stereocenters. The fraction of sp³-hybridized carbons (Fsp3) is 0.176. The maximum Gasteiger partial charge on any atom is 0.338 e. The zero-order valence-corrected chi connectivity index (χ0v) is 12.9. The number of esters is 1. The summed E-state index contributed by atoms with van der Waals surface area (Å²) in [5.41, 5.74) is 2.11. The van der Waals surface area contributed by atoms with E-state index < -0.39 is 11.9 Å². The molecule has 1 N–H and O–H groups in total. The van der Waals surface area contributed by atoms with Crippen LogP contribution in [0.4, 0.5) is 5.69 Å². The van der Waals surface area contributed by atoms with Crippen molar-refractivity contribution in [3.05, 3.63) is 64.7 Å². The molecule has 0 aliphatic rings. The van der Waals surface area contributed by atoms with E-state index in [4.69, 9.17) is 16.3 Å². The number of nitrogens with one attached hydrogen (secondary N) is 1. The first-order chi connectivity index (χ1) is 10.6. The van der Waals surface area contributed by atoms with Crippen molar-refractivity contribution in [1.82, 2.24) is 0 Å². The van der Waals surface area contributed by atoms with Crippen molar-refractivity contribution in [1.29, 1.82) is 0 Å². The molecular weight excluding hydrogens is 302 g/mol. The summed E-state index contributed by atoms with van der Waals surface area (Å²) in [5.74, 6) is -0.940. The molecule has 0 atom stereocenters. The quantitative estimate of drug-likeness (QED) is 0.855. The van der Waals surface area contributed by atoms with Gasteiger partial charge in [-0.1, -0.05) is 36.7 Å². The topological polar surface area (TPSA) is 55.4 Å². The van der Waals surface area contributed by atoms with Crippen LogP contribution in [0.15, 0.2) is 48.5 Å². The van der Waals surface area contributed by atoms with Gasteiger partial charge >= 0.3 is 5.97 Å². The van der Waals surface area contributed by atoms with E-state index in [9.17, 15) is 9.59 Å². The number of aryl methyl sites for hydroxylation is 1. The standard InChI is InChI=1S/C17H16ClNO3/c1-2-12-6-8-13(9-7-12)17(21)22-11-16(20)19-15-5-3-4-14(18)10-15/h3-10H,2,11H2,1H3,(H,19,20). The first-order valence-electron chi connectivity index (χ1n) is 6.90. The Balaban J connectivity index is 1.86. The predicted molar refractivity (Wildman–Crippen MR) is 86.2 cm³/mol. The molecule has 0 fully saturated rings. The summed E-state index contributed by atoms with van der Waals surface area (Å²) in [6.45, 7) is 1.69. The number of anilines is 1. The Labute approximate surface area is 134 Å².